The first kappa shape index (κ1) is 19.7. The second-order valence-corrected chi connectivity index (χ2v) is 8.62. The minimum Gasteiger partial charge on any atom is -0.330 e. The maximum Gasteiger partial charge on any atom is 0.262 e. The van der Waals surface area contributed by atoms with Crippen molar-refractivity contribution in [2.24, 2.45) is 11.1 Å². The molecule has 2 aliphatic heterocycles. The van der Waals surface area contributed by atoms with Crippen LogP contribution in [0.15, 0.2) is 18.2 Å². The highest BCUT2D eigenvalue weighted by Gasteiger charge is 2.45. The van der Waals surface area contributed by atoms with Crippen molar-refractivity contribution in [2.45, 2.75) is 57.7 Å². The van der Waals surface area contributed by atoms with E-state index in [1.54, 1.807) is 12.1 Å². The lowest BCUT2D eigenvalue weighted by Crippen LogP contribution is -2.54. The molecule has 0 bridgehead atoms. The highest BCUT2D eigenvalue weighted by atomic mass is 16.2. The van der Waals surface area contributed by atoms with Gasteiger partial charge < -0.3 is 11.1 Å². The summed E-state index contributed by atoms with van der Waals surface area (Å²) < 4.78 is 0. The molecule has 1 aromatic carbocycles. The Morgan fingerprint density at radius 3 is 2.69 bits per heavy atom. The normalized spacial score (nSPS) is 29.4. The standard InChI is InChI=1S/C21H26N4O4/c1-21(11-22)8-7-13(9-21)23-10-12-3-2-4-14-17(12)20(29)25(19(14)28)15-5-6-16(26)24-18(15)27/h2-4,13,15,23H,5-11,22H2,1H3,(H,24,26,27). The minimum absolute atomic E-state index is 0.111. The molecule has 0 radical (unpaired) electrons. The predicted molar refractivity (Wildman–Crippen MR) is 105 cm³/mol. The van der Waals surface area contributed by atoms with E-state index in [4.69, 9.17) is 5.73 Å². The van der Waals surface area contributed by atoms with Crippen LogP contribution < -0.4 is 16.4 Å². The number of hydrogen-bond acceptors (Lipinski definition) is 6. The minimum atomic E-state index is -0.944. The van der Waals surface area contributed by atoms with E-state index in [0.717, 1.165) is 29.7 Å². The lowest BCUT2D eigenvalue weighted by atomic mass is 9.89. The number of nitrogens with one attached hydrogen (secondary N) is 2. The maximum atomic E-state index is 13.1. The van der Waals surface area contributed by atoms with Gasteiger partial charge in [0.2, 0.25) is 11.8 Å². The topological polar surface area (TPSA) is 122 Å². The Hall–Kier alpha value is -2.58. The fourth-order valence-corrected chi connectivity index (χ4v) is 4.67. The highest BCUT2D eigenvalue weighted by molar-refractivity contribution is 6.24. The second-order valence-electron chi connectivity index (χ2n) is 8.62. The lowest BCUT2D eigenvalue weighted by Gasteiger charge is -2.27. The molecule has 3 unspecified atom stereocenters. The molecular formula is C21H26N4O4. The first-order chi connectivity index (χ1) is 13.8. The van der Waals surface area contributed by atoms with Gasteiger partial charge in [-0.1, -0.05) is 19.1 Å². The van der Waals surface area contributed by atoms with Gasteiger partial charge in [-0.25, -0.2) is 0 Å². The Labute approximate surface area is 169 Å². The summed E-state index contributed by atoms with van der Waals surface area (Å²) >= 11 is 0. The molecule has 1 aliphatic carbocycles. The molecule has 3 aliphatic rings. The number of carbonyl (C=O) groups excluding carboxylic acids is 4. The Kier molecular flexibility index (Phi) is 5.00. The van der Waals surface area contributed by atoms with Crippen molar-refractivity contribution in [1.82, 2.24) is 15.5 Å². The van der Waals surface area contributed by atoms with Gasteiger partial charge in [0, 0.05) is 19.0 Å². The van der Waals surface area contributed by atoms with E-state index >= 15 is 0 Å². The fraction of sp³-hybridized carbons (Fsp3) is 0.524. The number of nitrogens with two attached hydrogens (primary N) is 1. The van der Waals surface area contributed by atoms with Gasteiger partial charge >= 0.3 is 0 Å². The van der Waals surface area contributed by atoms with Crippen LogP contribution in [0.3, 0.4) is 0 Å². The third-order valence-corrected chi connectivity index (χ3v) is 6.46. The third-order valence-electron chi connectivity index (χ3n) is 6.46. The van der Waals surface area contributed by atoms with Crippen molar-refractivity contribution in [2.75, 3.05) is 6.54 Å². The van der Waals surface area contributed by atoms with E-state index < -0.39 is 23.8 Å². The van der Waals surface area contributed by atoms with Crippen LogP contribution in [0.1, 0.15) is 65.3 Å². The number of carbonyl (C=O) groups is 4. The number of rotatable bonds is 5. The summed E-state index contributed by atoms with van der Waals surface area (Å²) in [6.07, 6.45) is 3.34. The van der Waals surface area contributed by atoms with Gasteiger partial charge in [-0.2, -0.15) is 0 Å². The Morgan fingerprint density at radius 2 is 2.00 bits per heavy atom. The zero-order valence-electron chi connectivity index (χ0n) is 16.5. The lowest BCUT2D eigenvalue weighted by molar-refractivity contribution is -0.136. The molecule has 0 aromatic heterocycles. The molecule has 4 rings (SSSR count). The summed E-state index contributed by atoms with van der Waals surface area (Å²) in [7, 11) is 0. The van der Waals surface area contributed by atoms with Gasteiger partial charge in [-0.15, -0.1) is 0 Å². The van der Waals surface area contributed by atoms with Crippen molar-refractivity contribution >= 4 is 23.6 Å². The smallest absolute Gasteiger partial charge is 0.262 e. The molecule has 2 heterocycles. The molecule has 3 atom stereocenters. The number of nitrogens with zero attached hydrogens (tertiary/aromatic N) is 1. The monoisotopic (exact) mass is 398 g/mol. The Morgan fingerprint density at radius 1 is 1.21 bits per heavy atom. The van der Waals surface area contributed by atoms with E-state index in [2.05, 4.69) is 17.6 Å². The van der Waals surface area contributed by atoms with E-state index in [0.29, 0.717) is 30.3 Å². The largest absolute Gasteiger partial charge is 0.330 e. The average molecular weight is 398 g/mol. The highest BCUT2D eigenvalue weighted by Crippen LogP contribution is 2.37. The summed E-state index contributed by atoms with van der Waals surface area (Å²) in [5.74, 6) is -1.91. The van der Waals surface area contributed by atoms with E-state index in [-0.39, 0.29) is 24.2 Å². The second kappa shape index (κ2) is 7.35. The molecule has 8 heteroatoms. The molecule has 2 fully saturated rings. The Bertz CT molecular complexity index is 899. The van der Waals surface area contributed by atoms with Crippen LogP contribution in [0.2, 0.25) is 0 Å². The van der Waals surface area contributed by atoms with E-state index in [1.807, 2.05) is 6.07 Å². The molecule has 4 N–H and O–H groups in total. The van der Waals surface area contributed by atoms with Crippen LogP contribution in [0, 0.1) is 5.41 Å². The first-order valence-electron chi connectivity index (χ1n) is 10.1. The van der Waals surface area contributed by atoms with Crippen LogP contribution in [-0.2, 0) is 16.1 Å². The van der Waals surface area contributed by atoms with Gasteiger partial charge in [0.05, 0.1) is 11.1 Å². The molecule has 154 valence electrons. The van der Waals surface area contributed by atoms with Crippen molar-refractivity contribution in [3.8, 4) is 0 Å². The summed E-state index contributed by atoms with van der Waals surface area (Å²) in [6, 6.07) is 4.58. The van der Waals surface area contributed by atoms with Crippen molar-refractivity contribution < 1.29 is 19.2 Å². The molecule has 4 amide bonds. The molecule has 1 saturated carbocycles. The number of amides is 4. The summed E-state index contributed by atoms with van der Waals surface area (Å²) in [6.45, 7) is 3.31. The number of fused-ring (bicyclic) bond motifs is 1. The van der Waals surface area contributed by atoms with Crippen LogP contribution in [0.5, 0.6) is 0 Å². The van der Waals surface area contributed by atoms with Crippen LogP contribution >= 0.6 is 0 Å². The molecule has 29 heavy (non-hydrogen) atoms. The number of piperidine rings is 1. The van der Waals surface area contributed by atoms with Crippen molar-refractivity contribution in [1.29, 1.82) is 0 Å². The van der Waals surface area contributed by atoms with Crippen molar-refractivity contribution in [3.05, 3.63) is 34.9 Å². The van der Waals surface area contributed by atoms with Crippen molar-refractivity contribution in [3.63, 3.8) is 0 Å². The number of hydrogen-bond donors (Lipinski definition) is 3. The quantitative estimate of drug-likeness (QED) is 0.628. The van der Waals surface area contributed by atoms with Gasteiger partial charge in [0.25, 0.3) is 11.8 Å². The number of imide groups is 2. The predicted octanol–water partition coefficient (Wildman–Crippen LogP) is 0.695. The van der Waals surface area contributed by atoms with E-state index in [9.17, 15) is 19.2 Å². The molecule has 0 spiro atoms. The van der Waals surface area contributed by atoms with E-state index in [1.165, 1.54) is 0 Å². The fourth-order valence-electron chi connectivity index (χ4n) is 4.67. The summed E-state index contributed by atoms with van der Waals surface area (Å²) in [4.78, 5) is 50.6. The van der Waals surface area contributed by atoms with Crippen LogP contribution in [0.4, 0.5) is 0 Å². The van der Waals surface area contributed by atoms with Gasteiger partial charge in [-0.05, 0) is 49.3 Å². The first-order valence-corrected chi connectivity index (χ1v) is 10.1. The Balaban J connectivity index is 1.52. The SMILES string of the molecule is CC1(CN)CCC(NCc2cccc3c2C(=O)N(C2CCC(=O)NC2=O)C3=O)C1. The van der Waals surface area contributed by atoms with Gasteiger partial charge in [0.15, 0.2) is 0 Å². The maximum absolute atomic E-state index is 13.1. The zero-order valence-corrected chi connectivity index (χ0v) is 16.5. The van der Waals surface area contributed by atoms with Gasteiger partial charge in [-0.3, -0.25) is 29.4 Å². The summed E-state index contributed by atoms with van der Waals surface area (Å²) in [5, 5.41) is 5.72. The molecule has 1 saturated heterocycles. The van der Waals surface area contributed by atoms with Crippen LogP contribution in [-0.4, -0.2) is 47.2 Å². The summed E-state index contributed by atoms with van der Waals surface area (Å²) in [5.41, 5.74) is 7.45. The third kappa shape index (κ3) is 3.47. The van der Waals surface area contributed by atoms with Gasteiger partial charge in [0.1, 0.15) is 6.04 Å². The average Bonchev–Trinajstić information content (AvgIpc) is 3.20. The molecule has 8 nitrogen and oxygen atoms in total. The molecular weight excluding hydrogens is 372 g/mol. The number of benzene rings is 1. The molecule has 1 aromatic rings. The zero-order chi connectivity index (χ0) is 20.8. The van der Waals surface area contributed by atoms with Crippen LogP contribution in [0.25, 0.3) is 0 Å².